The molecule has 2 N–H and O–H groups in total. The average Bonchev–Trinajstić information content (AvgIpc) is 2.41. The van der Waals surface area contributed by atoms with E-state index in [-0.39, 0.29) is 6.04 Å². The Morgan fingerprint density at radius 3 is 2.00 bits per heavy atom. The average molecular weight is 262 g/mol. The van der Waals surface area contributed by atoms with Crippen LogP contribution in [-0.2, 0) is 0 Å². The van der Waals surface area contributed by atoms with E-state index < -0.39 is 0 Å². The zero-order valence-electron chi connectivity index (χ0n) is 10.3. The van der Waals surface area contributed by atoms with Crippen molar-refractivity contribution < 1.29 is 4.74 Å². The predicted molar refractivity (Wildman–Crippen MR) is 75.2 cm³/mol. The van der Waals surface area contributed by atoms with Crippen molar-refractivity contribution in [3.8, 4) is 11.5 Å². The molecule has 0 aromatic heterocycles. The number of benzene rings is 2. The topological polar surface area (TPSA) is 35.2 Å². The fourth-order valence-electron chi connectivity index (χ4n) is 1.66. The number of rotatable bonds is 4. The summed E-state index contributed by atoms with van der Waals surface area (Å²) in [6.45, 7) is 2.07. The Morgan fingerprint density at radius 2 is 1.50 bits per heavy atom. The largest absolute Gasteiger partial charge is 0.457 e. The van der Waals surface area contributed by atoms with Gasteiger partial charge in [0.1, 0.15) is 11.5 Å². The fourth-order valence-corrected chi connectivity index (χ4v) is 1.78. The molecule has 0 bridgehead atoms. The number of hydrogen-bond donors (Lipinski definition) is 1. The highest BCUT2D eigenvalue weighted by atomic mass is 35.5. The van der Waals surface area contributed by atoms with Crippen LogP contribution < -0.4 is 10.5 Å². The third-order valence-electron chi connectivity index (χ3n) is 2.80. The number of halogens is 1. The molecule has 0 aliphatic heterocycles. The lowest BCUT2D eigenvalue weighted by molar-refractivity contribution is 0.482. The fraction of sp³-hybridized carbons (Fsp3) is 0.200. The minimum Gasteiger partial charge on any atom is -0.457 e. The van der Waals surface area contributed by atoms with Crippen LogP contribution >= 0.6 is 11.6 Å². The zero-order valence-corrected chi connectivity index (χ0v) is 11.0. The first kappa shape index (κ1) is 12.9. The molecule has 0 saturated carbocycles. The summed E-state index contributed by atoms with van der Waals surface area (Å²) in [6, 6.07) is 15.2. The van der Waals surface area contributed by atoms with E-state index in [1.165, 1.54) is 0 Å². The van der Waals surface area contributed by atoms with Crippen LogP contribution in [0.3, 0.4) is 0 Å². The van der Waals surface area contributed by atoms with Gasteiger partial charge in [-0.25, -0.2) is 0 Å². The number of ether oxygens (including phenoxy) is 1. The van der Waals surface area contributed by atoms with Crippen molar-refractivity contribution in [2.45, 2.75) is 19.4 Å². The molecule has 0 fully saturated rings. The summed E-state index contributed by atoms with van der Waals surface area (Å²) in [5, 5.41) is 0.701. The summed E-state index contributed by atoms with van der Waals surface area (Å²) < 4.78 is 5.70. The van der Waals surface area contributed by atoms with E-state index in [0.29, 0.717) is 5.02 Å². The zero-order chi connectivity index (χ0) is 13.0. The van der Waals surface area contributed by atoms with Gasteiger partial charge < -0.3 is 10.5 Å². The molecule has 94 valence electrons. The van der Waals surface area contributed by atoms with Crippen LogP contribution in [0, 0.1) is 0 Å². The van der Waals surface area contributed by atoms with E-state index in [0.717, 1.165) is 23.5 Å². The highest BCUT2D eigenvalue weighted by Crippen LogP contribution is 2.24. The Hall–Kier alpha value is -1.51. The summed E-state index contributed by atoms with van der Waals surface area (Å²) in [6.07, 6.45) is 0.928. The second-order valence-electron chi connectivity index (χ2n) is 4.14. The molecule has 0 amide bonds. The first-order valence-corrected chi connectivity index (χ1v) is 6.36. The van der Waals surface area contributed by atoms with E-state index >= 15 is 0 Å². The molecular formula is C15H16ClNO. The lowest BCUT2D eigenvalue weighted by Gasteiger charge is -2.10. The van der Waals surface area contributed by atoms with Gasteiger partial charge in [-0.1, -0.05) is 30.7 Å². The Balaban J connectivity index is 2.08. The highest BCUT2D eigenvalue weighted by Gasteiger charge is 2.03. The minimum absolute atomic E-state index is 0.0922. The molecule has 1 unspecified atom stereocenters. The SMILES string of the molecule is CCC(N)c1ccc(Oc2ccc(Cl)cc2)cc1. The van der Waals surface area contributed by atoms with Crippen molar-refractivity contribution in [3.63, 3.8) is 0 Å². The summed E-state index contributed by atoms with van der Waals surface area (Å²) in [7, 11) is 0. The van der Waals surface area contributed by atoms with Crippen molar-refractivity contribution in [1.29, 1.82) is 0 Å². The molecule has 2 nitrogen and oxygen atoms in total. The minimum atomic E-state index is 0.0922. The van der Waals surface area contributed by atoms with Crippen LogP contribution in [0.25, 0.3) is 0 Å². The summed E-state index contributed by atoms with van der Waals surface area (Å²) in [4.78, 5) is 0. The summed E-state index contributed by atoms with van der Waals surface area (Å²) in [5.74, 6) is 1.57. The molecule has 2 rings (SSSR count). The maximum atomic E-state index is 5.96. The third-order valence-corrected chi connectivity index (χ3v) is 3.05. The van der Waals surface area contributed by atoms with Gasteiger partial charge in [0.05, 0.1) is 0 Å². The molecule has 0 aliphatic rings. The van der Waals surface area contributed by atoms with Gasteiger partial charge >= 0.3 is 0 Å². The normalized spacial score (nSPS) is 12.2. The van der Waals surface area contributed by atoms with Crippen molar-refractivity contribution in [2.24, 2.45) is 5.73 Å². The quantitative estimate of drug-likeness (QED) is 0.877. The molecule has 0 aliphatic carbocycles. The molecule has 0 radical (unpaired) electrons. The number of hydrogen-bond acceptors (Lipinski definition) is 2. The molecule has 0 spiro atoms. The second-order valence-corrected chi connectivity index (χ2v) is 4.58. The first-order valence-electron chi connectivity index (χ1n) is 5.98. The molecule has 3 heteroatoms. The molecule has 0 heterocycles. The maximum absolute atomic E-state index is 5.96. The smallest absolute Gasteiger partial charge is 0.127 e. The van der Waals surface area contributed by atoms with Crippen LogP contribution in [0.1, 0.15) is 24.9 Å². The molecular weight excluding hydrogens is 246 g/mol. The Morgan fingerprint density at radius 1 is 1.00 bits per heavy atom. The monoisotopic (exact) mass is 261 g/mol. The molecule has 0 saturated heterocycles. The standard InChI is InChI=1S/C15H16ClNO/c1-2-15(17)11-3-7-13(8-4-11)18-14-9-5-12(16)6-10-14/h3-10,15H,2,17H2,1H3. The van der Waals surface area contributed by atoms with Crippen LogP contribution in [0.15, 0.2) is 48.5 Å². The van der Waals surface area contributed by atoms with Crippen molar-refractivity contribution in [2.75, 3.05) is 0 Å². The lowest BCUT2D eigenvalue weighted by atomic mass is 10.1. The van der Waals surface area contributed by atoms with Gasteiger partial charge in [0.25, 0.3) is 0 Å². The maximum Gasteiger partial charge on any atom is 0.127 e. The summed E-state index contributed by atoms with van der Waals surface area (Å²) in [5.41, 5.74) is 7.08. The van der Waals surface area contributed by atoms with Crippen molar-refractivity contribution >= 4 is 11.6 Å². The molecule has 2 aromatic rings. The van der Waals surface area contributed by atoms with Crippen molar-refractivity contribution in [3.05, 3.63) is 59.1 Å². The van der Waals surface area contributed by atoms with Gasteiger partial charge in [-0.05, 0) is 48.4 Å². The van der Waals surface area contributed by atoms with Gasteiger partial charge in [-0.3, -0.25) is 0 Å². The lowest BCUT2D eigenvalue weighted by Crippen LogP contribution is -2.07. The van der Waals surface area contributed by atoms with E-state index in [1.54, 1.807) is 12.1 Å². The van der Waals surface area contributed by atoms with Crippen LogP contribution in [0.5, 0.6) is 11.5 Å². The Kier molecular flexibility index (Phi) is 4.24. The molecule has 1 atom stereocenters. The Labute approximate surface area is 112 Å². The third kappa shape index (κ3) is 3.25. The van der Waals surface area contributed by atoms with E-state index in [1.807, 2.05) is 36.4 Å². The van der Waals surface area contributed by atoms with E-state index in [4.69, 9.17) is 22.1 Å². The van der Waals surface area contributed by atoms with Gasteiger partial charge in [0.15, 0.2) is 0 Å². The predicted octanol–water partition coefficient (Wildman–Crippen LogP) is 4.54. The van der Waals surface area contributed by atoms with Crippen LogP contribution in [0.2, 0.25) is 5.02 Å². The molecule has 18 heavy (non-hydrogen) atoms. The van der Waals surface area contributed by atoms with Crippen LogP contribution in [0.4, 0.5) is 0 Å². The van der Waals surface area contributed by atoms with Gasteiger partial charge in [-0.15, -0.1) is 0 Å². The van der Waals surface area contributed by atoms with E-state index in [9.17, 15) is 0 Å². The van der Waals surface area contributed by atoms with Gasteiger partial charge in [0.2, 0.25) is 0 Å². The van der Waals surface area contributed by atoms with Crippen LogP contribution in [-0.4, -0.2) is 0 Å². The second kappa shape index (κ2) is 5.89. The molecule has 2 aromatic carbocycles. The first-order chi connectivity index (χ1) is 8.69. The van der Waals surface area contributed by atoms with E-state index in [2.05, 4.69) is 6.92 Å². The van der Waals surface area contributed by atoms with Crippen molar-refractivity contribution in [1.82, 2.24) is 0 Å². The van der Waals surface area contributed by atoms with Gasteiger partial charge in [-0.2, -0.15) is 0 Å². The summed E-state index contributed by atoms with van der Waals surface area (Å²) >= 11 is 5.82. The Bertz CT molecular complexity index is 493. The number of nitrogens with two attached hydrogens (primary N) is 1. The van der Waals surface area contributed by atoms with Gasteiger partial charge in [0, 0.05) is 11.1 Å². The highest BCUT2D eigenvalue weighted by molar-refractivity contribution is 6.30.